The molecule has 2 aromatic rings. The lowest BCUT2D eigenvalue weighted by Crippen LogP contribution is -2.17. The van der Waals surface area contributed by atoms with E-state index in [0.717, 1.165) is 81.3 Å². The van der Waals surface area contributed by atoms with Gasteiger partial charge >= 0.3 is 0 Å². The van der Waals surface area contributed by atoms with Crippen molar-refractivity contribution in [2.45, 2.75) is 109 Å². The summed E-state index contributed by atoms with van der Waals surface area (Å²) in [6, 6.07) is 9.40. The van der Waals surface area contributed by atoms with Crippen LogP contribution in [0.15, 0.2) is 30.3 Å². The van der Waals surface area contributed by atoms with Crippen LogP contribution in [-0.2, 0) is 12.8 Å². The first-order valence-corrected chi connectivity index (χ1v) is 13.7. The maximum absolute atomic E-state index is 15.2. The van der Waals surface area contributed by atoms with Gasteiger partial charge in [-0.2, -0.15) is 0 Å². The molecule has 0 bridgehead atoms. The number of aryl methyl sites for hydroxylation is 2. The van der Waals surface area contributed by atoms with Crippen LogP contribution in [0, 0.1) is 29.3 Å². The summed E-state index contributed by atoms with van der Waals surface area (Å²) in [7, 11) is 0. The second-order valence-electron chi connectivity index (χ2n) is 10.9. The normalized spacial score (nSPS) is 25.4. The molecule has 4 rings (SSSR count). The summed E-state index contributed by atoms with van der Waals surface area (Å²) in [4.78, 5) is 0. The van der Waals surface area contributed by atoms with E-state index >= 15 is 8.78 Å². The second kappa shape index (κ2) is 11.8. The third kappa shape index (κ3) is 5.89. The fourth-order valence-electron chi connectivity index (χ4n) is 6.55. The first-order valence-electron chi connectivity index (χ1n) is 13.7. The van der Waals surface area contributed by atoms with Gasteiger partial charge in [-0.15, -0.1) is 0 Å². The zero-order valence-electron chi connectivity index (χ0n) is 21.0. The molecule has 0 nitrogen and oxygen atoms in total. The molecular weight excluding hydrogens is 429 g/mol. The minimum atomic E-state index is -0.594. The van der Waals surface area contributed by atoms with E-state index in [0.29, 0.717) is 23.5 Å². The van der Waals surface area contributed by atoms with Crippen molar-refractivity contribution in [2.75, 3.05) is 0 Å². The quantitative estimate of drug-likeness (QED) is 0.360. The molecule has 2 aromatic carbocycles. The summed E-state index contributed by atoms with van der Waals surface area (Å²) in [5.74, 6) is 0.344. The smallest absolute Gasteiger partial charge is 0.162 e. The molecule has 0 atom stereocenters. The highest BCUT2D eigenvalue weighted by atomic mass is 19.2. The SMILES string of the molecule is CCCC1CCC(c2ccc(C3CCC(CCc4ccc(CC)c(F)c4)CC3)c(F)c2F)CC1. The highest BCUT2D eigenvalue weighted by Gasteiger charge is 2.29. The summed E-state index contributed by atoms with van der Waals surface area (Å²) in [6.45, 7) is 4.19. The highest BCUT2D eigenvalue weighted by Crippen LogP contribution is 2.42. The fraction of sp³-hybridized carbons (Fsp3) is 0.613. The Labute approximate surface area is 204 Å². The van der Waals surface area contributed by atoms with Crippen LogP contribution in [-0.4, -0.2) is 0 Å². The lowest BCUT2D eigenvalue weighted by Gasteiger charge is -2.31. The molecule has 0 amide bonds. The van der Waals surface area contributed by atoms with Crippen molar-refractivity contribution in [2.24, 2.45) is 11.8 Å². The predicted molar refractivity (Wildman–Crippen MR) is 135 cm³/mol. The first-order chi connectivity index (χ1) is 16.5. The summed E-state index contributed by atoms with van der Waals surface area (Å²) in [6.07, 6.45) is 13.2. The molecule has 0 aromatic heterocycles. The molecular formula is C31H41F3. The highest BCUT2D eigenvalue weighted by molar-refractivity contribution is 5.32. The summed E-state index contributed by atoms with van der Waals surface area (Å²) < 4.78 is 44.3. The average molecular weight is 471 g/mol. The van der Waals surface area contributed by atoms with Crippen molar-refractivity contribution in [1.82, 2.24) is 0 Å². The Morgan fingerprint density at radius 1 is 0.676 bits per heavy atom. The predicted octanol–water partition coefficient (Wildman–Crippen LogP) is 9.65. The van der Waals surface area contributed by atoms with Gasteiger partial charge in [0.15, 0.2) is 11.6 Å². The summed E-state index contributed by atoms with van der Waals surface area (Å²) in [5, 5.41) is 0. The largest absolute Gasteiger partial charge is 0.207 e. The van der Waals surface area contributed by atoms with Crippen LogP contribution in [0.5, 0.6) is 0 Å². The van der Waals surface area contributed by atoms with Crippen molar-refractivity contribution in [3.63, 3.8) is 0 Å². The maximum Gasteiger partial charge on any atom is 0.162 e. The maximum atomic E-state index is 15.2. The van der Waals surface area contributed by atoms with Gasteiger partial charge in [-0.3, -0.25) is 0 Å². The van der Waals surface area contributed by atoms with Crippen molar-refractivity contribution < 1.29 is 13.2 Å². The molecule has 2 aliphatic rings. The van der Waals surface area contributed by atoms with Gasteiger partial charge < -0.3 is 0 Å². The standard InChI is InChI=1S/C31H41F3/c1-3-5-21-8-14-25(15-9-21)27-18-19-28(31(34)30(27)33)26-16-10-22(11-17-26)6-7-23-12-13-24(4-2)29(32)20-23/h12-13,18-22,25-26H,3-11,14-17H2,1-2H3. The van der Waals surface area contributed by atoms with E-state index in [4.69, 9.17) is 0 Å². The summed E-state index contributed by atoms with van der Waals surface area (Å²) in [5.41, 5.74) is 3.01. The minimum Gasteiger partial charge on any atom is -0.207 e. The van der Waals surface area contributed by atoms with E-state index < -0.39 is 11.6 Å². The molecule has 3 heteroatoms. The number of hydrogen-bond donors (Lipinski definition) is 0. The molecule has 0 unspecified atom stereocenters. The van der Waals surface area contributed by atoms with Crippen LogP contribution < -0.4 is 0 Å². The van der Waals surface area contributed by atoms with Crippen LogP contribution in [0.3, 0.4) is 0 Å². The van der Waals surface area contributed by atoms with E-state index in [1.54, 1.807) is 6.07 Å². The van der Waals surface area contributed by atoms with Crippen LogP contribution >= 0.6 is 0 Å². The van der Waals surface area contributed by atoms with E-state index in [2.05, 4.69) is 6.92 Å². The third-order valence-corrected chi connectivity index (χ3v) is 8.75. The zero-order valence-corrected chi connectivity index (χ0v) is 21.0. The third-order valence-electron chi connectivity index (χ3n) is 8.75. The molecule has 0 heterocycles. The molecule has 0 N–H and O–H groups in total. The van der Waals surface area contributed by atoms with Gasteiger partial charge in [-0.1, -0.05) is 51.0 Å². The van der Waals surface area contributed by atoms with Crippen molar-refractivity contribution in [3.8, 4) is 0 Å². The molecule has 2 saturated carbocycles. The van der Waals surface area contributed by atoms with Gasteiger partial charge in [0.05, 0.1) is 0 Å². The Hall–Kier alpha value is -1.77. The molecule has 0 saturated heterocycles. The van der Waals surface area contributed by atoms with Crippen LogP contribution in [0.1, 0.15) is 119 Å². The fourth-order valence-corrected chi connectivity index (χ4v) is 6.55. The Kier molecular flexibility index (Phi) is 8.77. The zero-order chi connectivity index (χ0) is 24.1. The van der Waals surface area contributed by atoms with Gasteiger partial charge in [-0.25, -0.2) is 13.2 Å². The summed E-state index contributed by atoms with van der Waals surface area (Å²) >= 11 is 0. The average Bonchev–Trinajstić information content (AvgIpc) is 2.86. The molecule has 186 valence electrons. The van der Waals surface area contributed by atoms with Gasteiger partial charge in [0.1, 0.15) is 5.82 Å². The number of benzene rings is 2. The Morgan fingerprint density at radius 2 is 1.21 bits per heavy atom. The molecule has 34 heavy (non-hydrogen) atoms. The molecule has 0 aliphatic heterocycles. The van der Waals surface area contributed by atoms with Crippen LogP contribution in [0.2, 0.25) is 0 Å². The lowest BCUT2D eigenvalue weighted by molar-refractivity contribution is 0.298. The first kappa shape index (κ1) is 25.3. The van der Waals surface area contributed by atoms with E-state index in [1.807, 2.05) is 31.2 Å². The minimum absolute atomic E-state index is 0.0985. The van der Waals surface area contributed by atoms with E-state index in [1.165, 1.54) is 12.8 Å². The van der Waals surface area contributed by atoms with Gasteiger partial charge in [-0.05, 0) is 123 Å². The molecule has 0 radical (unpaired) electrons. The van der Waals surface area contributed by atoms with E-state index in [9.17, 15) is 4.39 Å². The second-order valence-corrected chi connectivity index (χ2v) is 10.9. The van der Waals surface area contributed by atoms with Crippen LogP contribution in [0.4, 0.5) is 13.2 Å². The van der Waals surface area contributed by atoms with Gasteiger partial charge in [0.25, 0.3) is 0 Å². The number of hydrogen-bond acceptors (Lipinski definition) is 0. The lowest BCUT2D eigenvalue weighted by atomic mass is 9.75. The Bertz CT molecular complexity index is 934. The van der Waals surface area contributed by atoms with E-state index in [-0.39, 0.29) is 17.7 Å². The Morgan fingerprint density at radius 3 is 1.68 bits per heavy atom. The number of rotatable bonds is 8. The topological polar surface area (TPSA) is 0 Å². The van der Waals surface area contributed by atoms with Crippen molar-refractivity contribution >= 4 is 0 Å². The molecule has 2 fully saturated rings. The van der Waals surface area contributed by atoms with Crippen LogP contribution in [0.25, 0.3) is 0 Å². The molecule has 0 spiro atoms. The van der Waals surface area contributed by atoms with Gasteiger partial charge in [0.2, 0.25) is 0 Å². The van der Waals surface area contributed by atoms with Gasteiger partial charge in [0, 0.05) is 0 Å². The number of halogens is 3. The molecule has 2 aliphatic carbocycles. The van der Waals surface area contributed by atoms with Crippen molar-refractivity contribution in [1.29, 1.82) is 0 Å². The Balaban J connectivity index is 1.31. The monoisotopic (exact) mass is 470 g/mol. The van der Waals surface area contributed by atoms with Crippen molar-refractivity contribution in [3.05, 3.63) is 70.0 Å².